The molecule has 5 rings (SSSR count). The minimum absolute atomic E-state index is 0.0181. The van der Waals surface area contributed by atoms with Gasteiger partial charge in [0, 0.05) is 16.3 Å². The molecule has 0 saturated heterocycles. The topological polar surface area (TPSA) is 102 Å². The van der Waals surface area contributed by atoms with E-state index in [1.807, 2.05) is 19.1 Å². The zero-order valence-electron chi connectivity index (χ0n) is 19.9. The smallest absolute Gasteiger partial charge is 0.309 e. The van der Waals surface area contributed by atoms with Crippen LogP contribution >= 0.6 is 11.3 Å². The highest BCUT2D eigenvalue weighted by Gasteiger charge is 2.30. The van der Waals surface area contributed by atoms with E-state index in [1.54, 1.807) is 23.9 Å². The molecule has 1 aliphatic rings. The normalized spacial score (nSPS) is 15.9. The first-order valence-corrected chi connectivity index (χ1v) is 12.4. The Kier molecular flexibility index (Phi) is 5.89. The Labute approximate surface area is 202 Å². The van der Waals surface area contributed by atoms with Crippen LogP contribution in [0.15, 0.2) is 24.7 Å². The number of esters is 1. The summed E-state index contributed by atoms with van der Waals surface area (Å²) in [5, 5.41) is 12.7. The number of nitrogens with one attached hydrogen (secondary N) is 2. The zero-order chi connectivity index (χ0) is 23.9. The number of aryl methyl sites for hydroxylation is 1. The van der Waals surface area contributed by atoms with Gasteiger partial charge in [0.2, 0.25) is 0 Å². The molecule has 1 aromatic carbocycles. The van der Waals surface area contributed by atoms with Crippen LogP contribution in [-0.2, 0) is 22.4 Å². The van der Waals surface area contributed by atoms with E-state index in [2.05, 4.69) is 46.3 Å². The van der Waals surface area contributed by atoms with Gasteiger partial charge in [0.05, 0.1) is 41.9 Å². The van der Waals surface area contributed by atoms with Crippen LogP contribution in [0.25, 0.3) is 21.1 Å². The zero-order valence-corrected chi connectivity index (χ0v) is 20.7. The Morgan fingerprint density at radius 1 is 1.29 bits per heavy atom. The number of thiophene rings is 1. The van der Waals surface area contributed by atoms with Crippen molar-refractivity contribution in [2.75, 3.05) is 18.5 Å². The van der Waals surface area contributed by atoms with Crippen molar-refractivity contribution < 1.29 is 14.3 Å². The summed E-state index contributed by atoms with van der Waals surface area (Å²) in [5.74, 6) is 1.29. The van der Waals surface area contributed by atoms with Gasteiger partial charge in [0.25, 0.3) is 0 Å². The first kappa shape index (κ1) is 22.6. The van der Waals surface area contributed by atoms with Crippen molar-refractivity contribution in [3.05, 3.63) is 35.1 Å². The third kappa shape index (κ3) is 4.44. The molecule has 0 bridgehead atoms. The van der Waals surface area contributed by atoms with Gasteiger partial charge < -0.3 is 14.8 Å². The van der Waals surface area contributed by atoms with E-state index in [1.165, 1.54) is 10.4 Å². The molecule has 178 valence electrons. The fraction of sp³-hybridized carbons (Fsp3) is 0.440. The molecule has 0 amide bonds. The Morgan fingerprint density at radius 3 is 2.94 bits per heavy atom. The third-order valence-electron chi connectivity index (χ3n) is 5.92. The van der Waals surface area contributed by atoms with Crippen LogP contribution in [0.1, 0.15) is 44.6 Å². The number of H-pyrrole nitrogens is 1. The van der Waals surface area contributed by atoms with Gasteiger partial charge in [-0.25, -0.2) is 9.97 Å². The van der Waals surface area contributed by atoms with Crippen molar-refractivity contribution in [3.63, 3.8) is 0 Å². The molecule has 34 heavy (non-hydrogen) atoms. The number of fused-ring (bicyclic) bond motifs is 4. The lowest BCUT2D eigenvalue weighted by atomic mass is 9.88. The molecule has 4 aromatic rings. The number of anilines is 2. The lowest BCUT2D eigenvalue weighted by Crippen LogP contribution is -2.23. The van der Waals surface area contributed by atoms with Gasteiger partial charge in [-0.2, -0.15) is 5.10 Å². The fourth-order valence-corrected chi connectivity index (χ4v) is 5.54. The summed E-state index contributed by atoms with van der Waals surface area (Å²) >= 11 is 1.64. The number of carbonyl (C=O) groups is 1. The highest BCUT2D eigenvalue weighted by atomic mass is 32.1. The summed E-state index contributed by atoms with van der Waals surface area (Å²) < 4.78 is 11.5. The molecule has 0 fully saturated rings. The Morgan fingerprint density at radius 2 is 2.15 bits per heavy atom. The molecule has 1 atom stereocenters. The molecule has 3 aromatic heterocycles. The average Bonchev–Trinajstić information content (AvgIpc) is 3.40. The molecule has 9 heteroatoms. The number of hydrogen-bond acceptors (Lipinski definition) is 8. The summed E-state index contributed by atoms with van der Waals surface area (Å²) in [6.07, 6.45) is 5.64. The van der Waals surface area contributed by atoms with Gasteiger partial charge in [-0.3, -0.25) is 9.89 Å². The maximum atomic E-state index is 12.3. The molecular weight excluding hydrogens is 450 g/mol. The number of nitrogens with zero attached hydrogens (tertiary/aromatic N) is 3. The van der Waals surface area contributed by atoms with Gasteiger partial charge in [-0.15, -0.1) is 11.3 Å². The van der Waals surface area contributed by atoms with Crippen LogP contribution in [0.3, 0.4) is 0 Å². The van der Waals surface area contributed by atoms with Crippen LogP contribution in [0.2, 0.25) is 0 Å². The van der Waals surface area contributed by atoms with E-state index < -0.39 is 0 Å². The molecule has 0 unspecified atom stereocenters. The monoisotopic (exact) mass is 479 g/mol. The molecule has 3 heterocycles. The molecule has 8 nitrogen and oxygen atoms in total. The molecule has 0 radical (unpaired) electrons. The van der Waals surface area contributed by atoms with E-state index in [0.717, 1.165) is 51.2 Å². The summed E-state index contributed by atoms with van der Waals surface area (Å²) in [6, 6.07) is 4.00. The van der Waals surface area contributed by atoms with Gasteiger partial charge in [0.1, 0.15) is 22.7 Å². The summed E-state index contributed by atoms with van der Waals surface area (Å²) in [5.41, 5.74) is 2.99. The molecule has 1 aliphatic carbocycles. The van der Waals surface area contributed by atoms with Crippen molar-refractivity contribution in [1.29, 1.82) is 0 Å². The Balaban J connectivity index is 1.51. The maximum absolute atomic E-state index is 12.3. The minimum Gasteiger partial charge on any atom is -0.491 e. The quantitative estimate of drug-likeness (QED) is 0.357. The van der Waals surface area contributed by atoms with E-state index >= 15 is 0 Å². The second kappa shape index (κ2) is 8.87. The van der Waals surface area contributed by atoms with E-state index in [0.29, 0.717) is 19.6 Å². The van der Waals surface area contributed by atoms with Gasteiger partial charge in [0.15, 0.2) is 0 Å². The summed E-state index contributed by atoms with van der Waals surface area (Å²) in [4.78, 5) is 23.6. The van der Waals surface area contributed by atoms with Crippen LogP contribution < -0.4 is 10.1 Å². The predicted octanol–water partition coefficient (Wildman–Crippen LogP) is 5.40. The molecular formula is C25H29N5O3S. The second-order valence-electron chi connectivity index (χ2n) is 9.88. The van der Waals surface area contributed by atoms with Gasteiger partial charge >= 0.3 is 5.97 Å². The summed E-state index contributed by atoms with van der Waals surface area (Å²) in [6.45, 7) is 9.26. The number of rotatable bonds is 6. The summed E-state index contributed by atoms with van der Waals surface area (Å²) in [7, 11) is 0. The number of aromatic amines is 1. The predicted molar refractivity (Wildman–Crippen MR) is 134 cm³/mol. The van der Waals surface area contributed by atoms with Crippen LogP contribution in [-0.4, -0.2) is 39.3 Å². The largest absolute Gasteiger partial charge is 0.491 e. The minimum atomic E-state index is -0.107. The number of carbonyl (C=O) groups excluding carboxylic acids is 1. The van der Waals surface area contributed by atoms with Gasteiger partial charge in [-0.05, 0) is 43.2 Å². The van der Waals surface area contributed by atoms with Crippen molar-refractivity contribution in [3.8, 4) is 5.75 Å². The van der Waals surface area contributed by atoms with Crippen LogP contribution in [0, 0.1) is 11.3 Å². The number of aromatic nitrogens is 4. The first-order valence-electron chi connectivity index (χ1n) is 11.6. The molecule has 0 aliphatic heterocycles. The second-order valence-corrected chi connectivity index (χ2v) is 11.0. The van der Waals surface area contributed by atoms with Crippen molar-refractivity contribution >= 4 is 49.9 Å². The molecule has 2 N–H and O–H groups in total. The molecule has 0 saturated carbocycles. The van der Waals surface area contributed by atoms with Crippen molar-refractivity contribution in [2.24, 2.45) is 11.3 Å². The van der Waals surface area contributed by atoms with Crippen LogP contribution in [0.4, 0.5) is 11.5 Å². The first-order chi connectivity index (χ1) is 16.3. The van der Waals surface area contributed by atoms with E-state index in [4.69, 9.17) is 9.47 Å². The Hall–Kier alpha value is -3.20. The fourth-order valence-electron chi connectivity index (χ4n) is 4.28. The maximum Gasteiger partial charge on any atom is 0.309 e. The van der Waals surface area contributed by atoms with Crippen LogP contribution in [0.5, 0.6) is 5.75 Å². The highest BCUT2D eigenvalue weighted by Crippen LogP contribution is 2.42. The van der Waals surface area contributed by atoms with Gasteiger partial charge in [-0.1, -0.05) is 20.8 Å². The van der Waals surface area contributed by atoms with Crippen molar-refractivity contribution in [2.45, 2.75) is 47.0 Å². The standard InChI is InChI=1S/C25H29N5O3S/c1-5-32-24(31)14-6-7-16-20(9-14)34-23-21(16)22(26-13-27-23)29-18-8-15-11-28-30-17(15)10-19(18)33-12-25(2,3)4/h8,10-11,13-14H,5-7,9,12H2,1-4H3,(H,28,30)(H,26,27,29)/t14-/m0/s1. The number of ether oxygens (including phenoxy) is 2. The third-order valence-corrected chi connectivity index (χ3v) is 7.08. The lowest BCUT2D eigenvalue weighted by molar-refractivity contribution is -0.148. The number of benzene rings is 1. The number of hydrogen-bond donors (Lipinski definition) is 2. The van der Waals surface area contributed by atoms with E-state index in [-0.39, 0.29) is 17.3 Å². The van der Waals surface area contributed by atoms with E-state index in [9.17, 15) is 4.79 Å². The lowest BCUT2D eigenvalue weighted by Gasteiger charge is -2.22. The van der Waals surface area contributed by atoms with Crippen molar-refractivity contribution in [1.82, 2.24) is 20.2 Å². The molecule has 0 spiro atoms. The SMILES string of the molecule is CCOC(=O)[C@H]1CCc2c(sc3ncnc(Nc4cc5cn[nH]c5cc4OCC(C)(C)C)c23)C1. The Bertz CT molecular complexity index is 1350. The average molecular weight is 480 g/mol. The highest BCUT2D eigenvalue weighted by molar-refractivity contribution is 7.19.